The van der Waals surface area contributed by atoms with Crippen LogP contribution in [-0.4, -0.2) is 39.2 Å². The van der Waals surface area contributed by atoms with Crippen LogP contribution in [-0.2, 0) is 17.9 Å². The van der Waals surface area contributed by atoms with Crippen LogP contribution in [0.1, 0.15) is 18.3 Å². The van der Waals surface area contributed by atoms with Gasteiger partial charge in [0, 0.05) is 21.4 Å². The highest BCUT2D eigenvalue weighted by Gasteiger charge is 2.19. The van der Waals surface area contributed by atoms with Crippen LogP contribution in [0.5, 0.6) is 5.75 Å². The van der Waals surface area contributed by atoms with Gasteiger partial charge < -0.3 is 14.6 Å². The molecule has 1 amide bonds. The zero-order valence-corrected chi connectivity index (χ0v) is 21.3. The third-order valence-corrected chi connectivity index (χ3v) is 6.37. The molecule has 0 bridgehead atoms. The van der Waals surface area contributed by atoms with Crippen molar-refractivity contribution in [3.63, 3.8) is 0 Å². The van der Waals surface area contributed by atoms with Crippen molar-refractivity contribution >= 4 is 52.2 Å². The minimum absolute atomic E-state index is 0.238. The number of thioether (sulfide) groups is 1. The molecule has 0 radical (unpaired) electrons. The largest absolute Gasteiger partial charge is 0.496 e. The summed E-state index contributed by atoms with van der Waals surface area (Å²) in [6.07, 6.45) is 3.34. The van der Waals surface area contributed by atoms with Crippen molar-refractivity contribution in [3.05, 3.63) is 76.1 Å². The van der Waals surface area contributed by atoms with Crippen LogP contribution in [0.3, 0.4) is 0 Å². The summed E-state index contributed by atoms with van der Waals surface area (Å²) < 4.78 is 8.40. The molecule has 0 fully saturated rings. The number of hydrazone groups is 1. The molecule has 33 heavy (non-hydrogen) atoms. The molecule has 3 rings (SSSR count). The van der Waals surface area contributed by atoms with Gasteiger partial charge in [-0.15, -0.1) is 16.8 Å². The van der Waals surface area contributed by atoms with Crippen LogP contribution in [0.15, 0.2) is 71.4 Å². The quantitative estimate of drug-likeness (QED) is 0.116. The van der Waals surface area contributed by atoms with E-state index in [2.05, 4.69) is 55.2 Å². The molecule has 0 aliphatic heterocycles. The first-order chi connectivity index (χ1) is 16.0. The Labute approximate surface area is 211 Å². The fraction of sp³-hybridized carbons (Fsp3) is 0.217. The number of methoxy groups -OCH3 is 1. The Morgan fingerprint density at radius 1 is 1.27 bits per heavy atom. The highest BCUT2D eigenvalue weighted by molar-refractivity contribution is 14.1. The summed E-state index contributed by atoms with van der Waals surface area (Å²) in [4.78, 5) is 12.5. The number of nitrogens with one attached hydrogen (secondary N) is 2. The smallest absolute Gasteiger partial charge is 0.253 e. The van der Waals surface area contributed by atoms with Crippen molar-refractivity contribution < 1.29 is 9.53 Å². The number of hydrogen-bond donors (Lipinski definition) is 2. The predicted octanol–water partition coefficient (Wildman–Crippen LogP) is 4.32. The summed E-state index contributed by atoms with van der Waals surface area (Å²) in [7, 11) is 1.59. The molecule has 0 saturated carbocycles. The lowest BCUT2D eigenvalue weighted by molar-refractivity contribution is -0.120. The number of carbonyl (C=O) groups is 1. The second-order valence-electron chi connectivity index (χ2n) is 6.89. The molecule has 2 aromatic carbocycles. The van der Waals surface area contributed by atoms with Crippen molar-refractivity contribution in [3.8, 4) is 5.75 Å². The van der Waals surface area contributed by atoms with Crippen LogP contribution in [0.25, 0.3) is 0 Å². The molecule has 172 valence electrons. The van der Waals surface area contributed by atoms with Crippen molar-refractivity contribution in [2.75, 3.05) is 12.4 Å². The molecule has 1 unspecified atom stereocenters. The van der Waals surface area contributed by atoms with E-state index in [4.69, 9.17) is 4.74 Å². The third kappa shape index (κ3) is 7.06. The zero-order valence-electron chi connectivity index (χ0n) is 18.4. The van der Waals surface area contributed by atoms with Crippen molar-refractivity contribution in [2.24, 2.45) is 5.10 Å². The van der Waals surface area contributed by atoms with Crippen molar-refractivity contribution in [2.45, 2.75) is 30.4 Å². The number of allylic oxidation sites excluding steroid dienone is 1. The molecule has 10 heteroatoms. The van der Waals surface area contributed by atoms with Gasteiger partial charge in [0.2, 0.25) is 0 Å². The van der Waals surface area contributed by atoms with Gasteiger partial charge in [-0.1, -0.05) is 30.0 Å². The number of ether oxygens (including phenoxy) is 1. The molecule has 1 aromatic heterocycles. The normalized spacial score (nSPS) is 11.8. The van der Waals surface area contributed by atoms with Gasteiger partial charge in [-0.2, -0.15) is 5.10 Å². The SMILES string of the molecule is C=CCn1c(CNc2ccc(I)cc2)nnc1SC(C)C(=O)NN=Cc1ccccc1OC. The Hall–Kier alpha value is -2.86. The lowest BCUT2D eigenvalue weighted by atomic mass is 10.2. The van der Waals surface area contributed by atoms with Crippen molar-refractivity contribution in [1.29, 1.82) is 0 Å². The average molecular weight is 576 g/mol. The summed E-state index contributed by atoms with van der Waals surface area (Å²) in [6, 6.07) is 15.5. The summed E-state index contributed by atoms with van der Waals surface area (Å²) in [5, 5.41) is 16.2. The number of aromatic nitrogens is 3. The van der Waals surface area contributed by atoms with Gasteiger partial charge in [0.05, 0.1) is 25.1 Å². The Morgan fingerprint density at radius 3 is 2.76 bits per heavy atom. The molecule has 1 heterocycles. The van der Waals surface area contributed by atoms with E-state index in [9.17, 15) is 4.79 Å². The maximum Gasteiger partial charge on any atom is 0.253 e. The number of benzene rings is 2. The van der Waals surface area contributed by atoms with E-state index in [1.54, 1.807) is 26.3 Å². The number of amides is 1. The lowest BCUT2D eigenvalue weighted by Gasteiger charge is -2.12. The van der Waals surface area contributed by atoms with Gasteiger partial charge in [0.15, 0.2) is 11.0 Å². The van der Waals surface area contributed by atoms with Crippen LogP contribution >= 0.6 is 34.4 Å². The van der Waals surface area contributed by atoms with E-state index in [1.165, 1.54) is 15.3 Å². The molecule has 3 aromatic rings. The third-order valence-electron chi connectivity index (χ3n) is 4.57. The number of halogens is 1. The Balaban J connectivity index is 1.61. The molecule has 8 nitrogen and oxygen atoms in total. The Bertz CT molecular complexity index is 1120. The fourth-order valence-electron chi connectivity index (χ4n) is 2.84. The summed E-state index contributed by atoms with van der Waals surface area (Å²) in [5.74, 6) is 1.21. The molecule has 0 saturated heterocycles. The fourth-order valence-corrected chi connectivity index (χ4v) is 4.07. The highest BCUT2D eigenvalue weighted by Crippen LogP contribution is 2.23. The zero-order chi connectivity index (χ0) is 23.6. The van der Waals surface area contributed by atoms with Crippen LogP contribution in [0.2, 0.25) is 0 Å². The topological polar surface area (TPSA) is 93.4 Å². The van der Waals surface area contributed by atoms with E-state index in [0.717, 1.165) is 17.1 Å². The first kappa shape index (κ1) is 24.8. The van der Waals surface area contributed by atoms with E-state index < -0.39 is 5.25 Å². The molecular formula is C23H25IN6O2S. The summed E-state index contributed by atoms with van der Waals surface area (Å²) in [6.45, 7) is 6.68. The number of para-hydroxylation sites is 1. The number of carbonyl (C=O) groups excluding carboxylic acids is 1. The molecular weight excluding hydrogens is 551 g/mol. The molecule has 0 spiro atoms. The molecule has 0 aliphatic carbocycles. The highest BCUT2D eigenvalue weighted by atomic mass is 127. The van der Waals surface area contributed by atoms with E-state index in [0.29, 0.717) is 24.0 Å². The second-order valence-corrected chi connectivity index (χ2v) is 9.45. The number of rotatable bonds is 11. The average Bonchev–Trinajstić information content (AvgIpc) is 3.20. The summed E-state index contributed by atoms with van der Waals surface area (Å²) in [5.41, 5.74) is 4.35. The standard InChI is InChI=1S/C23H25IN6O2S/c1-4-13-30-21(15-25-19-11-9-18(24)10-12-19)27-29-23(30)33-16(2)22(31)28-26-14-17-7-5-6-8-20(17)32-3/h4-12,14,16,25H,1,13,15H2,2-3H3,(H,28,31). The molecule has 1 atom stereocenters. The van der Waals surface area contributed by atoms with E-state index in [1.807, 2.05) is 53.1 Å². The van der Waals surface area contributed by atoms with E-state index in [-0.39, 0.29) is 5.91 Å². The number of anilines is 1. The maximum absolute atomic E-state index is 12.5. The van der Waals surface area contributed by atoms with Gasteiger partial charge in [-0.3, -0.25) is 4.79 Å². The monoisotopic (exact) mass is 576 g/mol. The first-order valence-corrected chi connectivity index (χ1v) is 12.1. The predicted molar refractivity (Wildman–Crippen MR) is 141 cm³/mol. The van der Waals surface area contributed by atoms with Crippen molar-refractivity contribution in [1.82, 2.24) is 20.2 Å². The molecule has 0 aliphatic rings. The van der Waals surface area contributed by atoms with Crippen LogP contribution in [0.4, 0.5) is 5.69 Å². The van der Waals surface area contributed by atoms with E-state index >= 15 is 0 Å². The van der Waals surface area contributed by atoms with Gasteiger partial charge in [0.1, 0.15) is 5.75 Å². The Kier molecular flexibility index (Phi) is 9.31. The van der Waals surface area contributed by atoms with Gasteiger partial charge in [0.25, 0.3) is 5.91 Å². The maximum atomic E-state index is 12.5. The van der Waals surface area contributed by atoms with Gasteiger partial charge >= 0.3 is 0 Å². The summed E-state index contributed by atoms with van der Waals surface area (Å²) >= 11 is 3.59. The molecule has 2 N–H and O–H groups in total. The Morgan fingerprint density at radius 2 is 2.03 bits per heavy atom. The second kappa shape index (κ2) is 12.4. The number of nitrogens with zero attached hydrogens (tertiary/aromatic N) is 4. The first-order valence-electron chi connectivity index (χ1n) is 10.2. The van der Waals surface area contributed by atoms with Gasteiger partial charge in [-0.05, 0) is 65.9 Å². The number of hydrogen-bond acceptors (Lipinski definition) is 7. The minimum Gasteiger partial charge on any atom is -0.496 e. The van der Waals surface area contributed by atoms with Gasteiger partial charge in [-0.25, -0.2) is 5.43 Å². The minimum atomic E-state index is -0.426. The van der Waals surface area contributed by atoms with Crippen LogP contribution < -0.4 is 15.5 Å². The lowest BCUT2D eigenvalue weighted by Crippen LogP contribution is -2.27. The van der Waals surface area contributed by atoms with Crippen LogP contribution in [0, 0.1) is 3.57 Å².